The van der Waals surface area contributed by atoms with Gasteiger partial charge >= 0.3 is 0 Å². The van der Waals surface area contributed by atoms with Crippen molar-refractivity contribution in [3.05, 3.63) is 23.4 Å². The summed E-state index contributed by atoms with van der Waals surface area (Å²) in [4.78, 5) is 14.2. The van der Waals surface area contributed by atoms with Gasteiger partial charge in [0.2, 0.25) is 0 Å². The Morgan fingerprint density at radius 1 is 1.27 bits per heavy atom. The van der Waals surface area contributed by atoms with Crippen LogP contribution in [0.2, 0.25) is 0 Å². The number of halogens is 1. The maximum Gasteiger partial charge on any atom is 0.188 e. The Balaban J connectivity index is 0.00000243. The van der Waals surface area contributed by atoms with E-state index in [9.17, 15) is 0 Å². The van der Waals surface area contributed by atoms with Gasteiger partial charge in [0.1, 0.15) is 5.82 Å². The van der Waals surface area contributed by atoms with Gasteiger partial charge in [0.25, 0.3) is 0 Å². The van der Waals surface area contributed by atoms with E-state index in [1.54, 1.807) is 0 Å². The lowest BCUT2D eigenvalue weighted by molar-refractivity contribution is 0.267. The molecule has 0 amide bonds. The summed E-state index contributed by atoms with van der Waals surface area (Å²) in [5, 5.41) is 3.31. The second-order valence-electron chi connectivity index (χ2n) is 7.14. The Hall–Kier alpha value is -1.09. The van der Waals surface area contributed by atoms with Crippen molar-refractivity contribution in [3.63, 3.8) is 0 Å². The molecule has 1 aromatic rings. The van der Waals surface area contributed by atoms with Gasteiger partial charge in [0, 0.05) is 36.9 Å². The maximum absolute atomic E-state index is 6.11. The summed E-state index contributed by atoms with van der Waals surface area (Å²) in [5.74, 6) is 1.62. The van der Waals surface area contributed by atoms with Gasteiger partial charge < -0.3 is 16.0 Å². The molecular formula is C19H33IN6. The quantitative estimate of drug-likeness (QED) is 0.378. The van der Waals surface area contributed by atoms with Gasteiger partial charge in [-0.1, -0.05) is 13.0 Å². The zero-order valence-corrected chi connectivity index (χ0v) is 18.4. The molecule has 0 saturated carbocycles. The number of anilines is 1. The van der Waals surface area contributed by atoms with Gasteiger partial charge in [-0.25, -0.2) is 9.98 Å². The number of hydrogen-bond acceptors (Lipinski definition) is 4. The molecule has 2 saturated heterocycles. The monoisotopic (exact) mass is 472 g/mol. The number of aryl methyl sites for hydroxylation is 1. The molecule has 1 unspecified atom stereocenters. The minimum Gasteiger partial charge on any atom is -0.370 e. The van der Waals surface area contributed by atoms with Crippen LogP contribution in [0.4, 0.5) is 5.82 Å². The van der Waals surface area contributed by atoms with Gasteiger partial charge in [-0.3, -0.25) is 4.90 Å². The molecule has 1 aromatic heterocycles. The third-order valence-electron chi connectivity index (χ3n) is 5.34. The molecule has 2 aliphatic rings. The van der Waals surface area contributed by atoms with E-state index in [2.05, 4.69) is 39.2 Å². The lowest BCUT2D eigenvalue weighted by Crippen LogP contribution is -2.42. The summed E-state index contributed by atoms with van der Waals surface area (Å²) in [6, 6.07) is 4.79. The van der Waals surface area contributed by atoms with Crippen LogP contribution in [-0.2, 0) is 6.54 Å². The van der Waals surface area contributed by atoms with Gasteiger partial charge in [0.15, 0.2) is 5.96 Å². The summed E-state index contributed by atoms with van der Waals surface area (Å²) in [6.45, 7) is 10.2. The average molecular weight is 472 g/mol. The van der Waals surface area contributed by atoms with Crippen molar-refractivity contribution in [3.8, 4) is 0 Å². The minimum absolute atomic E-state index is 0. The van der Waals surface area contributed by atoms with Crippen molar-refractivity contribution in [1.29, 1.82) is 0 Å². The van der Waals surface area contributed by atoms with Crippen LogP contribution < -0.4 is 16.0 Å². The first kappa shape index (κ1) is 21.2. The first-order chi connectivity index (χ1) is 12.2. The number of likely N-dealkylation sites (N-methyl/N-ethyl adjacent to an activating group) is 1. The number of aromatic nitrogens is 1. The van der Waals surface area contributed by atoms with Crippen molar-refractivity contribution in [1.82, 2.24) is 15.2 Å². The molecule has 0 aromatic carbocycles. The number of rotatable bonds is 6. The van der Waals surface area contributed by atoms with Crippen LogP contribution in [0.25, 0.3) is 0 Å². The molecule has 0 aliphatic carbocycles. The lowest BCUT2D eigenvalue weighted by Gasteiger charge is -2.23. The van der Waals surface area contributed by atoms with Crippen LogP contribution in [0, 0.1) is 6.92 Å². The van der Waals surface area contributed by atoms with Crippen LogP contribution in [0.1, 0.15) is 43.9 Å². The Labute approximate surface area is 174 Å². The highest BCUT2D eigenvalue weighted by Crippen LogP contribution is 2.23. The highest BCUT2D eigenvalue weighted by Gasteiger charge is 2.22. The first-order valence-corrected chi connectivity index (χ1v) is 9.66. The second kappa shape index (κ2) is 10.3. The molecule has 2 aliphatic heterocycles. The predicted molar refractivity (Wildman–Crippen MR) is 119 cm³/mol. The van der Waals surface area contributed by atoms with Crippen LogP contribution in [0.3, 0.4) is 0 Å². The molecule has 0 radical (unpaired) electrons. The van der Waals surface area contributed by atoms with Crippen molar-refractivity contribution in [2.75, 3.05) is 37.6 Å². The van der Waals surface area contributed by atoms with E-state index in [0.717, 1.165) is 43.3 Å². The maximum atomic E-state index is 6.11. The zero-order valence-electron chi connectivity index (χ0n) is 16.1. The van der Waals surface area contributed by atoms with Gasteiger partial charge in [-0.15, -0.1) is 24.0 Å². The largest absolute Gasteiger partial charge is 0.370 e. The molecule has 3 rings (SSSR count). The standard InChI is InChI=1S/C19H32N6.HI/c1-3-24-12-6-7-17(24)14-22-19(20)21-13-16-9-8-15(2)23-18(16)25-10-4-5-11-25;/h8-9,17H,3-7,10-14H2,1-2H3,(H3,20,21,22);1H. The first-order valence-electron chi connectivity index (χ1n) is 9.66. The number of nitrogens with two attached hydrogens (primary N) is 1. The number of guanidine groups is 1. The third-order valence-corrected chi connectivity index (χ3v) is 5.34. The van der Waals surface area contributed by atoms with E-state index in [1.807, 2.05) is 6.92 Å². The summed E-state index contributed by atoms with van der Waals surface area (Å²) in [6.07, 6.45) is 5.02. The molecule has 3 heterocycles. The van der Waals surface area contributed by atoms with E-state index in [-0.39, 0.29) is 24.0 Å². The average Bonchev–Trinajstić information content (AvgIpc) is 3.30. The number of hydrogen-bond donors (Lipinski definition) is 2. The fraction of sp³-hybridized carbons (Fsp3) is 0.684. The number of nitrogens with zero attached hydrogens (tertiary/aromatic N) is 4. The summed E-state index contributed by atoms with van der Waals surface area (Å²) in [5.41, 5.74) is 8.32. The van der Waals surface area contributed by atoms with Gasteiger partial charge in [0.05, 0.1) is 6.54 Å². The van der Waals surface area contributed by atoms with E-state index < -0.39 is 0 Å². The molecule has 7 heteroatoms. The topological polar surface area (TPSA) is 69.8 Å². The Morgan fingerprint density at radius 2 is 2.04 bits per heavy atom. The van der Waals surface area contributed by atoms with Gasteiger partial charge in [-0.2, -0.15) is 0 Å². The smallest absolute Gasteiger partial charge is 0.188 e. The molecule has 146 valence electrons. The number of nitrogens with one attached hydrogen (secondary N) is 1. The molecule has 2 fully saturated rings. The number of pyridine rings is 1. The van der Waals surface area contributed by atoms with E-state index in [4.69, 9.17) is 10.7 Å². The lowest BCUT2D eigenvalue weighted by atomic mass is 10.2. The van der Waals surface area contributed by atoms with Gasteiger partial charge in [-0.05, 0) is 51.8 Å². The Bertz CT molecular complexity index is 600. The normalized spacial score (nSPS) is 21.1. The molecule has 0 spiro atoms. The fourth-order valence-corrected chi connectivity index (χ4v) is 3.89. The van der Waals surface area contributed by atoms with Crippen molar-refractivity contribution < 1.29 is 0 Å². The SMILES string of the molecule is CCN1CCCC1CNC(N)=NCc1ccc(C)nc1N1CCCC1.I. The van der Waals surface area contributed by atoms with E-state index in [1.165, 1.54) is 32.2 Å². The van der Waals surface area contributed by atoms with E-state index >= 15 is 0 Å². The molecule has 3 N–H and O–H groups in total. The van der Waals surface area contributed by atoms with E-state index in [0.29, 0.717) is 18.5 Å². The summed E-state index contributed by atoms with van der Waals surface area (Å²) < 4.78 is 0. The number of aliphatic imine (C=N–C) groups is 1. The molecule has 6 nitrogen and oxygen atoms in total. The molecule has 26 heavy (non-hydrogen) atoms. The van der Waals surface area contributed by atoms with Crippen molar-refractivity contribution >= 4 is 35.8 Å². The summed E-state index contributed by atoms with van der Waals surface area (Å²) >= 11 is 0. The van der Waals surface area contributed by atoms with Crippen LogP contribution in [0.5, 0.6) is 0 Å². The zero-order chi connectivity index (χ0) is 17.6. The second-order valence-corrected chi connectivity index (χ2v) is 7.14. The predicted octanol–water partition coefficient (Wildman–Crippen LogP) is 2.50. The highest BCUT2D eigenvalue weighted by atomic mass is 127. The van der Waals surface area contributed by atoms with Crippen molar-refractivity contribution in [2.24, 2.45) is 10.7 Å². The third kappa shape index (κ3) is 5.45. The highest BCUT2D eigenvalue weighted by molar-refractivity contribution is 14.0. The fourth-order valence-electron chi connectivity index (χ4n) is 3.89. The Morgan fingerprint density at radius 3 is 2.77 bits per heavy atom. The summed E-state index contributed by atoms with van der Waals surface area (Å²) in [7, 11) is 0. The van der Waals surface area contributed by atoms with Crippen molar-refractivity contribution in [2.45, 2.75) is 52.1 Å². The molecule has 1 atom stereocenters. The number of likely N-dealkylation sites (tertiary alicyclic amines) is 1. The minimum atomic E-state index is 0. The van der Waals surface area contributed by atoms with Crippen LogP contribution in [0.15, 0.2) is 17.1 Å². The molecular weight excluding hydrogens is 439 g/mol. The van der Waals surface area contributed by atoms with Crippen LogP contribution in [-0.4, -0.2) is 54.6 Å². The Kier molecular flexibility index (Phi) is 8.40. The molecule has 0 bridgehead atoms. The van der Waals surface area contributed by atoms with Crippen LogP contribution >= 0.6 is 24.0 Å².